The van der Waals surface area contributed by atoms with Crippen LogP contribution in [0.2, 0.25) is 5.02 Å². The zero-order chi connectivity index (χ0) is 16.3. The van der Waals surface area contributed by atoms with Crippen molar-refractivity contribution in [2.75, 3.05) is 32.8 Å². The molecule has 0 fully saturated rings. The van der Waals surface area contributed by atoms with Crippen molar-refractivity contribution >= 4 is 23.4 Å². The number of hydrogen-bond donors (Lipinski definition) is 2. The second-order valence-corrected chi connectivity index (χ2v) is 4.81. The summed E-state index contributed by atoms with van der Waals surface area (Å²) in [6.07, 6.45) is 1.97. The fourth-order valence-corrected chi connectivity index (χ4v) is 2.36. The topological polar surface area (TPSA) is 106 Å². The molecule has 0 amide bonds. The molecule has 0 saturated carbocycles. The SMILES string of the molecule is COc1cc(Cc2cnc(N)nc2N)c(Cl)c(OC)c1OC. The summed E-state index contributed by atoms with van der Waals surface area (Å²) in [7, 11) is 4.56. The van der Waals surface area contributed by atoms with E-state index in [1.807, 2.05) is 0 Å². The summed E-state index contributed by atoms with van der Waals surface area (Å²) in [5.74, 6) is 1.76. The largest absolute Gasteiger partial charge is 0.493 e. The molecule has 0 saturated heterocycles. The second kappa shape index (κ2) is 6.57. The molecule has 0 aliphatic rings. The molecule has 1 aromatic carbocycles. The molecule has 2 rings (SSSR count). The number of methoxy groups -OCH3 is 3. The summed E-state index contributed by atoms with van der Waals surface area (Å²) in [5, 5.41) is 0.413. The van der Waals surface area contributed by atoms with Crippen molar-refractivity contribution in [3.63, 3.8) is 0 Å². The van der Waals surface area contributed by atoms with Crippen molar-refractivity contribution in [1.29, 1.82) is 0 Å². The van der Waals surface area contributed by atoms with E-state index in [1.54, 1.807) is 12.3 Å². The van der Waals surface area contributed by atoms with Gasteiger partial charge < -0.3 is 25.7 Å². The molecule has 8 heteroatoms. The van der Waals surface area contributed by atoms with E-state index < -0.39 is 0 Å². The number of nitrogens with two attached hydrogens (primary N) is 2. The van der Waals surface area contributed by atoms with Crippen molar-refractivity contribution < 1.29 is 14.2 Å². The molecule has 1 aromatic heterocycles. The van der Waals surface area contributed by atoms with Crippen LogP contribution in [0, 0.1) is 0 Å². The minimum atomic E-state index is 0.122. The summed E-state index contributed by atoms with van der Waals surface area (Å²) in [5.41, 5.74) is 12.8. The number of nitrogens with zero attached hydrogens (tertiary/aromatic N) is 2. The number of hydrogen-bond acceptors (Lipinski definition) is 7. The minimum absolute atomic E-state index is 0.122. The highest BCUT2D eigenvalue weighted by Gasteiger charge is 2.20. The van der Waals surface area contributed by atoms with Crippen LogP contribution in [-0.4, -0.2) is 31.3 Å². The van der Waals surface area contributed by atoms with E-state index in [0.717, 1.165) is 5.56 Å². The van der Waals surface area contributed by atoms with Crippen LogP contribution in [0.4, 0.5) is 11.8 Å². The molecule has 2 aromatic rings. The number of ether oxygens (including phenoxy) is 3. The summed E-state index contributed by atoms with van der Waals surface area (Å²) in [6, 6.07) is 1.76. The monoisotopic (exact) mass is 324 g/mol. The lowest BCUT2D eigenvalue weighted by Crippen LogP contribution is -2.05. The lowest BCUT2D eigenvalue weighted by atomic mass is 10.1. The number of nitrogen functional groups attached to an aromatic ring is 2. The highest BCUT2D eigenvalue weighted by Crippen LogP contribution is 2.45. The van der Waals surface area contributed by atoms with E-state index in [1.165, 1.54) is 21.3 Å². The summed E-state index contributed by atoms with van der Waals surface area (Å²) in [4.78, 5) is 7.87. The number of halogens is 1. The van der Waals surface area contributed by atoms with Crippen molar-refractivity contribution in [3.05, 3.63) is 28.4 Å². The first-order valence-corrected chi connectivity index (χ1v) is 6.73. The molecule has 0 radical (unpaired) electrons. The van der Waals surface area contributed by atoms with Crippen LogP contribution in [0.3, 0.4) is 0 Å². The zero-order valence-corrected chi connectivity index (χ0v) is 13.3. The van der Waals surface area contributed by atoms with Gasteiger partial charge in [-0.2, -0.15) is 4.98 Å². The summed E-state index contributed by atoms with van der Waals surface area (Å²) < 4.78 is 15.9. The molecule has 0 spiro atoms. The van der Waals surface area contributed by atoms with Crippen LogP contribution in [0.25, 0.3) is 0 Å². The third kappa shape index (κ3) is 2.94. The van der Waals surface area contributed by atoms with Crippen LogP contribution in [0.5, 0.6) is 17.2 Å². The lowest BCUT2D eigenvalue weighted by Gasteiger charge is -2.16. The van der Waals surface area contributed by atoms with Gasteiger partial charge in [-0.15, -0.1) is 0 Å². The van der Waals surface area contributed by atoms with Crippen LogP contribution in [0.15, 0.2) is 12.3 Å². The molecule has 1 heterocycles. The molecule has 0 unspecified atom stereocenters. The van der Waals surface area contributed by atoms with Gasteiger partial charge >= 0.3 is 0 Å². The van der Waals surface area contributed by atoms with Crippen molar-refractivity contribution in [2.45, 2.75) is 6.42 Å². The predicted octanol–water partition coefficient (Wildman–Crippen LogP) is 1.91. The van der Waals surface area contributed by atoms with Gasteiger partial charge in [0.1, 0.15) is 5.82 Å². The van der Waals surface area contributed by atoms with Gasteiger partial charge in [0.25, 0.3) is 0 Å². The third-order valence-electron chi connectivity index (χ3n) is 3.14. The Morgan fingerprint density at radius 2 is 1.73 bits per heavy atom. The maximum atomic E-state index is 6.39. The first kappa shape index (κ1) is 16.0. The van der Waals surface area contributed by atoms with E-state index in [9.17, 15) is 0 Å². The smallest absolute Gasteiger partial charge is 0.221 e. The average molecular weight is 325 g/mol. The maximum Gasteiger partial charge on any atom is 0.221 e. The molecular formula is C14H17ClN4O3. The molecule has 0 atom stereocenters. The number of rotatable bonds is 5. The Labute approximate surface area is 133 Å². The first-order chi connectivity index (χ1) is 10.5. The van der Waals surface area contributed by atoms with Gasteiger partial charge in [0.05, 0.1) is 26.4 Å². The Kier molecular flexibility index (Phi) is 4.77. The summed E-state index contributed by atoms with van der Waals surface area (Å²) in [6.45, 7) is 0. The van der Waals surface area contributed by atoms with Crippen LogP contribution in [0.1, 0.15) is 11.1 Å². The average Bonchev–Trinajstić information content (AvgIpc) is 2.50. The fraction of sp³-hybridized carbons (Fsp3) is 0.286. The van der Waals surface area contributed by atoms with Gasteiger partial charge in [-0.25, -0.2) is 4.98 Å². The fourth-order valence-electron chi connectivity index (χ4n) is 2.08. The van der Waals surface area contributed by atoms with Crippen LogP contribution < -0.4 is 25.7 Å². The Balaban J connectivity index is 2.51. The molecule has 4 N–H and O–H groups in total. The van der Waals surface area contributed by atoms with E-state index in [0.29, 0.717) is 40.1 Å². The third-order valence-corrected chi connectivity index (χ3v) is 3.56. The van der Waals surface area contributed by atoms with Gasteiger partial charge in [0.2, 0.25) is 11.7 Å². The number of benzene rings is 1. The molecule has 7 nitrogen and oxygen atoms in total. The van der Waals surface area contributed by atoms with Crippen molar-refractivity contribution in [1.82, 2.24) is 9.97 Å². The van der Waals surface area contributed by atoms with Gasteiger partial charge in [-0.3, -0.25) is 0 Å². The van der Waals surface area contributed by atoms with Gasteiger partial charge in [-0.05, 0) is 11.6 Å². The summed E-state index contributed by atoms with van der Waals surface area (Å²) >= 11 is 6.39. The number of aromatic nitrogens is 2. The molecule has 22 heavy (non-hydrogen) atoms. The quantitative estimate of drug-likeness (QED) is 0.865. The van der Waals surface area contributed by atoms with Crippen molar-refractivity contribution in [3.8, 4) is 17.2 Å². The Hall–Kier alpha value is -2.41. The van der Waals surface area contributed by atoms with Gasteiger partial charge in [0, 0.05) is 18.2 Å². The minimum Gasteiger partial charge on any atom is -0.493 e. The van der Waals surface area contributed by atoms with Gasteiger partial charge in [-0.1, -0.05) is 11.6 Å². The lowest BCUT2D eigenvalue weighted by molar-refractivity contribution is 0.324. The Bertz CT molecular complexity index is 694. The van der Waals surface area contributed by atoms with E-state index in [-0.39, 0.29) is 5.95 Å². The van der Waals surface area contributed by atoms with Crippen molar-refractivity contribution in [2.24, 2.45) is 0 Å². The molecule has 118 valence electrons. The van der Waals surface area contributed by atoms with E-state index >= 15 is 0 Å². The molecule has 0 aliphatic heterocycles. The van der Waals surface area contributed by atoms with E-state index in [2.05, 4.69) is 9.97 Å². The molecule has 0 aliphatic carbocycles. The van der Waals surface area contributed by atoms with E-state index in [4.69, 9.17) is 37.3 Å². The Morgan fingerprint density at radius 1 is 1.05 bits per heavy atom. The highest BCUT2D eigenvalue weighted by molar-refractivity contribution is 6.33. The second-order valence-electron chi connectivity index (χ2n) is 4.43. The van der Waals surface area contributed by atoms with Crippen LogP contribution in [-0.2, 0) is 6.42 Å². The van der Waals surface area contributed by atoms with Gasteiger partial charge in [0.15, 0.2) is 11.5 Å². The number of anilines is 2. The highest BCUT2D eigenvalue weighted by atomic mass is 35.5. The molecular weight excluding hydrogens is 308 g/mol. The Morgan fingerprint density at radius 3 is 2.27 bits per heavy atom. The maximum absolute atomic E-state index is 6.39. The molecule has 0 bridgehead atoms. The van der Waals surface area contributed by atoms with Crippen LogP contribution >= 0.6 is 11.6 Å². The normalized spacial score (nSPS) is 10.4. The first-order valence-electron chi connectivity index (χ1n) is 6.36. The standard InChI is InChI=1S/C14H17ClN4O3/c1-20-9-5-7(10(15)12(22-3)11(9)21-2)4-8-6-18-14(17)19-13(8)16/h5-6H,4H2,1-3H3,(H4,16,17,18,19). The predicted molar refractivity (Wildman–Crippen MR) is 84.8 cm³/mol. The zero-order valence-electron chi connectivity index (χ0n) is 12.5.